The van der Waals surface area contributed by atoms with E-state index >= 15 is 0 Å². The lowest BCUT2D eigenvalue weighted by Crippen LogP contribution is -2.26. The number of amides is 1. The molecule has 0 radical (unpaired) electrons. The van der Waals surface area contributed by atoms with E-state index in [9.17, 15) is 4.79 Å². The molecule has 1 heterocycles. The van der Waals surface area contributed by atoms with E-state index in [-0.39, 0.29) is 16.7 Å². The fourth-order valence-corrected chi connectivity index (χ4v) is 2.66. The number of hydrogen-bond donors (Lipinski definition) is 1. The van der Waals surface area contributed by atoms with Crippen LogP contribution < -0.4 is 5.32 Å². The van der Waals surface area contributed by atoms with Gasteiger partial charge in [-0.25, -0.2) is 4.98 Å². The molecule has 0 aliphatic rings. The summed E-state index contributed by atoms with van der Waals surface area (Å²) in [6.07, 6.45) is 0. The van der Waals surface area contributed by atoms with Gasteiger partial charge in [-0.1, -0.05) is 59.6 Å². The number of benzene rings is 1. The van der Waals surface area contributed by atoms with Gasteiger partial charge in [0.1, 0.15) is 0 Å². The molecule has 2 aromatic rings. The molecule has 20 heavy (non-hydrogen) atoms. The van der Waals surface area contributed by atoms with Crippen molar-refractivity contribution < 1.29 is 4.79 Å². The molecule has 0 bridgehead atoms. The van der Waals surface area contributed by atoms with E-state index in [1.165, 1.54) is 11.3 Å². The summed E-state index contributed by atoms with van der Waals surface area (Å²) in [6.45, 7) is 3.96. The van der Waals surface area contributed by atoms with Gasteiger partial charge in [0.15, 0.2) is 5.13 Å². The molecule has 1 aromatic carbocycles. The van der Waals surface area contributed by atoms with E-state index in [0.29, 0.717) is 10.2 Å². The molecule has 0 saturated heterocycles. The highest BCUT2D eigenvalue weighted by molar-refractivity contribution is 9.10. The van der Waals surface area contributed by atoms with Crippen molar-refractivity contribution in [1.82, 2.24) is 4.98 Å². The number of hydrogen-bond acceptors (Lipinski definition) is 3. The zero-order chi connectivity index (χ0) is 14.7. The fourth-order valence-electron chi connectivity index (χ4n) is 1.60. The maximum absolute atomic E-state index is 11.9. The number of alkyl halides is 1. The van der Waals surface area contributed by atoms with E-state index in [4.69, 9.17) is 11.6 Å². The second-order valence-corrected chi connectivity index (χ2v) is 6.90. The highest BCUT2D eigenvalue weighted by Gasteiger charge is 2.19. The van der Waals surface area contributed by atoms with Gasteiger partial charge in [-0.05, 0) is 12.0 Å². The molecule has 0 saturated carbocycles. The van der Waals surface area contributed by atoms with Crippen LogP contribution in [0.25, 0.3) is 11.3 Å². The first-order valence-corrected chi connectivity index (χ1v) is 8.31. The maximum Gasteiger partial charge on any atom is 0.240 e. The quantitative estimate of drug-likeness (QED) is 0.781. The van der Waals surface area contributed by atoms with Crippen LogP contribution in [-0.4, -0.2) is 15.7 Å². The molecule has 6 heteroatoms. The first-order chi connectivity index (χ1) is 9.49. The first-order valence-electron chi connectivity index (χ1n) is 6.14. The summed E-state index contributed by atoms with van der Waals surface area (Å²) >= 11 is 10.9. The summed E-state index contributed by atoms with van der Waals surface area (Å²) in [6, 6.07) is 7.51. The van der Waals surface area contributed by atoms with Crippen LogP contribution >= 0.6 is 38.9 Å². The summed E-state index contributed by atoms with van der Waals surface area (Å²) in [5.41, 5.74) is 1.64. The predicted molar refractivity (Wildman–Crippen MR) is 88.7 cm³/mol. The fraction of sp³-hybridized carbons (Fsp3) is 0.286. The highest BCUT2D eigenvalue weighted by Crippen LogP contribution is 2.30. The van der Waals surface area contributed by atoms with Crippen molar-refractivity contribution in [3.05, 3.63) is 34.7 Å². The largest absolute Gasteiger partial charge is 0.301 e. The van der Waals surface area contributed by atoms with E-state index in [1.54, 1.807) is 0 Å². The Morgan fingerprint density at radius 2 is 2.10 bits per heavy atom. The molecule has 1 atom stereocenters. The van der Waals surface area contributed by atoms with Gasteiger partial charge in [-0.2, -0.15) is 0 Å². The molecular weight excluding hydrogens is 360 g/mol. The summed E-state index contributed by atoms with van der Waals surface area (Å²) < 4.78 is 0. The van der Waals surface area contributed by atoms with Crippen molar-refractivity contribution in [3.8, 4) is 11.3 Å². The van der Waals surface area contributed by atoms with E-state index < -0.39 is 0 Å². The average Bonchev–Trinajstić information content (AvgIpc) is 2.86. The van der Waals surface area contributed by atoms with Crippen LogP contribution in [0.15, 0.2) is 29.6 Å². The Labute approximate surface area is 135 Å². The molecule has 0 aliphatic heterocycles. The zero-order valence-corrected chi connectivity index (χ0v) is 14.2. The van der Waals surface area contributed by atoms with Crippen LogP contribution in [0.1, 0.15) is 13.8 Å². The molecule has 1 N–H and O–H groups in total. The molecule has 1 unspecified atom stereocenters. The van der Waals surface area contributed by atoms with Gasteiger partial charge in [0, 0.05) is 16.0 Å². The van der Waals surface area contributed by atoms with Gasteiger partial charge in [-0.3, -0.25) is 4.79 Å². The number of aromatic nitrogens is 1. The lowest BCUT2D eigenvalue weighted by atomic mass is 10.1. The summed E-state index contributed by atoms with van der Waals surface area (Å²) in [7, 11) is 0. The van der Waals surface area contributed by atoms with Crippen molar-refractivity contribution in [3.63, 3.8) is 0 Å². The topological polar surface area (TPSA) is 42.0 Å². The number of thiazole rings is 1. The molecule has 0 fully saturated rings. The van der Waals surface area contributed by atoms with Crippen LogP contribution in [0.2, 0.25) is 5.02 Å². The van der Waals surface area contributed by atoms with Crippen LogP contribution in [0.5, 0.6) is 0 Å². The Kier molecular flexibility index (Phi) is 5.18. The third kappa shape index (κ3) is 3.59. The van der Waals surface area contributed by atoms with Crippen molar-refractivity contribution in [2.45, 2.75) is 18.7 Å². The van der Waals surface area contributed by atoms with Crippen molar-refractivity contribution in [1.29, 1.82) is 0 Å². The number of carbonyl (C=O) groups excluding carboxylic acids is 1. The van der Waals surface area contributed by atoms with Crippen LogP contribution in [0.4, 0.5) is 5.13 Å². The Morgan fingerprint density at radius 3 is 2.75 bits per heavy atom. The Hall–Kier alpha value is -0.910. The van der Waals surface area contributed by atoms with Crippen molar-refractivity contribution in [2.24, 2.45) is 5.92 Å². The Morgan fingerprint density at radius 1 is 1.40 bits per heavy atom. The number of nitrogens with zero attached hydrogens (tertiary/aromatic N) is 1. The minimum atomic E-state index is -0.227. The summed E-state index contributed by atoms with van der Waals surface area (Å²) in [5.74, 6) is 0.137. The average molecular weight is 374 g/mol. The number of rotatable bonds is 4. The van der Waals surface area contributed by atoms with Crippen molar-refractivity contribution >= 4 is 49.9 Å². The molecule has 0 spiro atoms. The SMILES string of the molecule is CC(C)C(Br)C(=O)Nc1nc(-c2ccccc2Cl)cs1. The number of carbonyl (C=O) groups is 1. The van der Waals surface area contributed by atoms with Crippen molar-refractivity contribution in [2.75, 3.05) is 5.32 Å². The van der Waals surface area contributed by atoms with Crippen LogP contribution in [0, 0.1) is 5.92 Å². The van der Waals surface area contributed by atoms with Crippen LogP contribution in [0.3, 0.4) is 0 Å². The normalized spacial score (nSPS) is 12.4. The molecular formula is C14H14BrClN2OS. The molecule has 3 nitrogen and oxygen atoms in total. The van der Waals surface area contributed by atoms with Gasteiger partial charge < -0.3 is 5.32 Å². The minimum Gasteiger partial charge on any atom is -0.301 e. The highest BCUT2D eigenvalue weighted by atomic mass is 79.9. The predicted octanol–water partition coefficient (Wildman–Crippen LogP) is 4.82. The number of anilines is 1. The Balaban J connectivity index is 2.14. The zero-order valence-electron chi connectivity index (χ0n) is 11.1. The van der Waals surface area contributed by atoms with Gasteiger partial charge in [0.05, 0.1) is 10.5 Å². The molecule has 1 amide bonds. The number of halogens is 2. The lowest BCUT2D eigenvalue weighted by molar-refractivity contribution is -0.116. The molecule has 106 valence electrons. The standard InChI is InChI=1S/C14H14BrClN2OS/c1-8(2)12(15)13(19)18-14-17-11(7-20-14)9-5-3-4-6-10(9)16/h3-8,12H,1-2H3,(H,17,18,19). The van der Waals surface area contributed by atoms with Gasteiger partial charge >= 0.3 is 0 Å². The molecule has 0 aliphatic carbocycles. The van der Waals surface area contributed by atoms with E-state index in [2.05, 4.69) is 26.2 Å². The summed E-state index contributed by atoms with van der Waals surface area (Å²) in [4.78, 5) is 16.1. The maximum atomic E-state index is 11.9. The molecule has 2 rings (SSSR count). The first kappa shape index (κ1) is 15.5. The monoisotopic (exact) mass is 372 g/mol. The van der Waals surface area contributed by atoms with Gasteiger partial charge in [0.2, 0.25) is 5.91 Å². The third-order valence-corrected chi connectivity index (χ3v) is 5.28. The smallest absolute Gasteiger partial charge is 0.240 e. The van der Waals surface area contributed by atoms with Crippen LogP contribution in [-0.2, 0) is 4.79 Å². The number of nitrogens with one attached hydrogen (secondary N) is 1. The van der Waals surface area contributed by atoms with Gasteiger partial charge in [0.25, 0.3) is 0 Å². The second kappa shape index (κ2) is 6.70. The summed E-state index contributed by atoms with van der Waals surface area (Å²) in [5, 5.41) is 5.92. The van der Waals surface area contributed by atoms with Gasteiger partial charge in [-0.15, -0.1) is 11.3 Å². The third-order valence-electron chi connectivity index (χ3n) is 2.72. The second-order valence-electron chi connectivity index (χ2n) is 4.65. The minimum absolute atomic E-state index is 0.0833. The van der Waals surface area contributed by atoms with E-state index in [0.717, 1.165) is 11.3 Å². The lowest BCUT2D eigenvalue weighted by Gasteiger charge is -2.11. The Bertz CT molecular complexity index is 615. The molecule has 1 aromatic heterocycles. The van der Waals surface area contributed by atoms with E-state index in [1.807, 2.05) is 43.5 Å².